The van der Waals surface area contributed by atoms with E-state index in [9.17, 15) is 4.39 Å². The van der Waals surface area contributed by atoms with Crippen molar-refractivity contribution < 1.29 is 4.39 Å². The summed E-state index contributed by atoms with van der Waals surface area (Å²) in [4.78, 5) is 0. The van der Waals surface area contributed by atoms with Gasteiger partial charge in [-0.05, 0) is 37.1 Å². The molecule has 0 aliphatic carbocycles. The lowest BCUT2D eigenvalue weighted by Gasteiger charge is -2.17. The van der Waals surface area contributed by atoms with Gasteiger partial charge in [0.25, 0.3) is 0 Å². The fourth-order valence-electron chi connectivity index (χ4n) is 2.25. The molecule has 2 aromatic rings. The van der Waals surface area contributed by atoms with E-state index in [1.807, 2.05) is 23.0 Å². The monoisotopic (exact) mass is 275 g/mol. The molecule has 0 aliphatic rings. The molecule has 0 aliphatic heterocycles. The van der Waals surface area contributed by atoms with Crippen LogP contribution in [-0.4, -0.2) is 16.3 Å². The molecule has 1 aromatic heterocycles. The van der Waals surface area contributed by atoms with Crippen molar-refractivity contribution in [2.45, 2.75) is 39.3 Å². The summed E-state index contributed by atoms with van der Waals surface area (Å²) in [5.41, 5.74) is 2.19. The Kier molecular flexibility index (Phi) is 5.30. The van der Waals surface area contributed by atoms with Gasteiger partial charge in [-0.1, -0.05) is 26.0 Å². The second-order valence-electron chi connectivity index (χ2n) is 4.98. The quantitative estimate of drug-likeness (QED) is 0.838. The Bertz CT molecular complexity index is 519. The minimum Gasteiger partial charge on any atom is -0.306 e. The maximum absolute atomic E-state index is 13.1. The summed E-state index contributed by atoms with van der Waals surface area (Å²) in [6.45, 7) is 6.11. The summed E-state index contributed by atoms with van der Waals surface area (Å²) in [7, 11) is 0. The van der Waals surface area contributed by atoms with Crippen molar-refractivity contribution in [1.29, 1.82) is 0 Å². The summed E-state index contributed by atoms with van der Waals surface area (Å²) in [5.74, 6) is -0.204. The smallest absolute Gasteiger partial charge is 0.123 e. The third kappa shape index (κ3) is 3.67. The van der Waals surface area contributed by atoms with Crippen LogP contribution in [0, 0.1) is 5.82 Å². The molecule has 108 valence electrons. The highest BCUT2D eigenvalue weighted by Crippen LogP contribution is 2.22. The largest absolute Gasteiger partial charge is 0.306 e. The number of rotatable bonds is 7. The number of hydrogen-bond donors (Lipinski definition) is 1. The van der Waals surface area contributed by atoms with E-state index in [1.165, 1.54) is 12.1 Å². The van der Waals surface area contributed by atoms with Gasteiger partial charge in [-0.25, -0.2) is 4.39 Å². The molecule has 0 spiro atoms. The Morgan fingerprint density at radius 1 is 1.15 bits per heavy atom. The van der Waals surface area contributed by atoms with E-state index in [0.717, 1.165) is 37.1 Å². The Hall–Kier alpha value is -1.68. The molecular weight excluding hydrogens is 253 g/mol. The molecule has 20 heavy (non-hydrogen) atoms. The van der Waals surface area contributed by atoms with E-state index >= 15 is 0 Å². The number of halogens is 1. The molecule has 1 atom stereocenters. The molecule has 0 radical (unpaired) electrons. The van der Waals surface area contributed by atoms with Crippen LogP contribution in [0.25, 0.3) is 0 Å². The number of hydrogen-bond acceptors (Lipinski definition) is 2. The molecule has 3 nitrogen and oxygen atoms in total. The van der Waals surface area contributed by atoms with Crippen molar-refractivity contribution in [3.63, 3.8) is 0 Å². The van der Waals surface area contributed by atoms with E-state index in [-0.39, 0.29) is 11.9 Å². The van der Waals surface area contributed by atoms with Crippen molar-refractivity contribution in [2.24, 2.45) is 0 Å². The average Bonchev–Trinajstić information content (AvgIpc) is 2.90. The first kappa shape index (κ1) is 14.7. The number of aryl methyl sites for hydroxylation is 1. The zero-order valence-corrected chi connectivity index (χ0v) is 12.1. The van der Waals surface area contributed by atoms with Crippen LogP contribution in [0.2, 0.25) is 0 Å². The maximum Gasteiger partial charge on any atom is 0.123 e. The molecule has 1 unspecified atom stereocenters. The average molecular weight is 275 g/mol. The maximum atomic E-state index is 13.1. The molecule has 1 aromatic carbocycles. The second-order valence-corrected chi connectivity index (χ2v) is 4.98. The lowest BCUT2D eigenvalue weighted by atomic mass is 10.0. The van der Waals surface area contributed by atoms with Crippen LogP contribution in [0.15, 0.2) is 36.7 Å². The molecule has 0 bridgehead atoms. The lowest BCUT2D eigenvalue weighted by molar-refractivity contribution is 0.585. The Labute approximate surface area is 119 Å². The van der Waals surface area contributed by atoms with Crippen molar-refractivity contribution in [2.75, 3.05) is 6.54 Å². The number of nitrogens with one attached hydrogen (secondary N) is 1. The minimum absolute atomic E-state index is 0.0705. The molecule has 4 heteroatoms. The van der Waals surface area contributed by atoms with Crippen LogP contribution >= 0.6 is 0 Å². The second kappa shape index (κ2) is 7.20. The molecular formula is C16H22FN3. The van der Waals surface area contributed by atoms with Gasteiger partial charge in [-0.2, -0.15) is 5.10 Å². The van der Waals surface area contributed by atoms with Gasteiger partial charge in [0.2, 0.25) is 0 Å². The van der Waals surface area contributed by atoms with E-state index in [0.29, 0.717) is 0 Å². The first-order valence-electron chi connectivity index (χ1n) is 7.25. The van der Waals surface area contributed by atoms with E-state index in [2.05, 4.69) is 30.5 Å². The van der Waals surface area contributed by atoms with Crippen molar-refractivity contribution >= 4 is 0 Å². The first-order chi connectivity index (χ1) is 9.74. The zero-order valence-electron chi connectivity index (χ0n) is 12.1. The van der Waals surface area contributed by atoms with Crippen LogP contribution < -0.4 is 5.32 Å². The van der Waals surface area contributed by atoms with Crippen molar-refractivity contribution in [3.8, 4) is 0 Å². The van der Waals surface area contributed by atoms with Gasteiger partial charge in [0.05, 0.1) is 12.2 Å². The third-order valence-corrected chi connectivity index (χ3v) is 3.24. The van der Waals surface area contributed by atoms with Crippen LogP contribution in [0.1, 0.15) is 43.9 Å². The van der Waals surface area contributed by atoms with Gasteiger partial charge in [0.15, 0.2) is 0 Å². The Morgan fingerprint density at radius 2 is 1.90 bits per heavy atom. The highest BCUT2D eigenvalue weighted by atomic mass is 19.1. The molecule has 2 rings (SSSR count). The van der Waals surface area contributed by atoms with E-state index < -0.39 is 0 Å². The highest BCUT2D eigenvalue weighted by molar-refractivity contribution is 5.29. The molecule has 0 saturated carbocycles. The fourth-order valence-corrected chi connectivity index (χ4v) is 2.25. The lowest BCUT2D eigenvalue weighted by Crippen LogP contribution is -2.22. The number of benzene rings is 1. The summed E-state index contributed by atoms with van der Waals surface area (Å²) >= 11 is 0. The SMILES string of the molecule is CCCNC(c1ccc(F)cc1)c1cnn(CCC)c1. The molecule has 1 N–H and O–H groups in total. The Morgan fingerprint density at radius 3 is 2.55 bits per heavy atom. The standard InChI is InChI=1S/C16H22FN3/c1-3-9-18-16(13-5-7-15(17)8-6-13)14-11-19-20(12-14)10-4-2/h5-8,11-12,16,18H,3-4,9-10H2,1-2H3. The summed E-state index contributed by atoms with van der Waals surface area (Å²) in [6, 6.07) is 6.75. The minimum atomic E-state index is -0.204. The van der Waals surface area contributed by atoms with Crippen LogP contribution in [-0.2, 0) is 6.54 Å². The van der Waals surface area contributed by atoms with Gasteiger partial charge >= 0.3 is 0 Å². The molecule has 0 fully saturated rings. The number of nitrogens with zero attached hydrogens (tertiary/aromatic N) is 2. The number of aromatic nitrogens is 2. The van der Waals surface area contributed by atoms with Crippen molar-refractivity contribution in [1.82, 2.24) is 15.1 Å². The van der Waals surface area contributed by atoms with Crippen LogP contribution in [0.3, 0.4) is 0 Å². The normalized spacial score (nSPS) is 12.6. The van der Waals surface area contributed by atoms with Gasteiger partial charge in [0.1, 0.15) is 5.82 Å². The fraction of sp³-hybridized carbons (Fsp3) is 0.438. The van der Waals surface area contributed by atoms with E-state index in [1.54, 1.807) is 0 Å². The van der Waals surface area contributed by atoms with Gasteiger partial charge < -0.3 is 5.32 Å². The molecule has 1 heterocycles. The third-order valence-electron chi connectivity index (χ3n) is 3.24. The van der Waals surface area contributed by atoms with Gasteiger partial charge in [0, 0.05) is 18.3 Å². The topological polar surface area (TPSA) is 29.9 Å². The van der Waals surface area contributed by atoms with E-state index in [4.69, 9.17) is 0 Å². The molecule has 0 saturated heterocycles. The first-order valence-corrected chi connectivity index (χ1v) is 7.25. The Balaban J connectivity index is 2.23. The summed E-state index contributed by atoms with van der Waals surface area (Å²) in [6.07, 6.45) is 6.08. The predicted octanol–water partition coefficient (Wildman–Crippen LogP) is 3.52. The predicted molar refractivity (Wildman–Crippen MR) is 79.1 cm³/mol. The highest BCUT2D eigenvalue weighted by Gasteiger charge is 2.15. The summed E-state index contributed by atoms with van der Waals surface area (Å²) < 4.78 is 15.0. The zero-order chi connectivity index (χ0) is 14.4. The summed E-state index contributed by atoms with van der Waals surface area (Å²) in [5, 5.41) is 7.88. The molecule has 0 amide bonds. The van der Waals surface area contributed by atoms with Crippen LogP contribution in [0.4, 0.5) is 4.39 Å². The van der Waals surface area contributed by atoms with Crippen molar-refractivity contribution in [3.05, 3.63) is 53.6 Å². The van der Waals surface area contributed by atoms with Gasteiger partial charge in [-0.15, -0.1) is 0 Å². The van der Waals surface area contributed by atoms with Gasteiger partial charge in [-0.3, -0.25) is 4.68 Å². The van der Waals surface area contributed by atoms with Crippen LogP contribution in [0.5, 0.6) is 0 Å².